The van der Waals surface area contributed by atoms with Crippen molar-refractivity contribution in [2.75, 3.05) is 43.3 Å². The molecule has 1 aromatic heterocycles. The van der Waals surface area contributed by atoms with Gasteiger partial charge in [-0.05, 0) is 30.9 Å². The molecule has 2 aromatic rings. The summed E-state index contributed by atoms with van der Waals surface area (Å²) in [6.45, 7) is 2.39. The number of carbonyl (C=O) groups excluding carboxylic acids is 1. The SMILES string of the molecule is COc1cc2nc(N3CCC(CO)CC3)sc2cc1N1C=CC(C(N)=O)=NC1. The Hall–Kier alpha value is -2.65. The van der Waals surface area contributed by atoms with Crippen LogP contribution >= 0.6 is 11.3 Å². The summed E-state index contributed by atoms with van der Waals surface area (Å²) < 4.78 is 6.64. The lowest BCUT2D eigenvalue weighted by atomic mass is 9.98. The van der Waals surface area contributed by atoms with Gasteiger partial charge in [-0.1, -0.05) is 11.3 Å². The summed E-state index contributed by atoms with van der Waals surface area (Å²) in [5.41, 5.74) is 7.31. The Balaban J connectivity index is 1.61. The van der Waals surface area contributed by atoms with Gasteiger partial charge in [0.2, 0.25) is 0 Å². The van der Waals surface area contributed by atoms with Crippen molar-refractivity contribution in [3.8, 4) is 5.75 Å². The summed E-state index contributed by atoms with van der Waals surface area (Å²) in [7, 11) is 1.63. The van der Waals surface area contributed by atoms with Gasteiger partial charge < -0.3 is 25.4 Å². The number of carbonyl (C=O) groups is 1. The first-order valence-electron chi connectivity index (χ1n) is 9.22. The van der Waals surface area contributed by atoms with E-state index in [1.54, 1.807) is 30.7 Å². The second-order valence-electron chi connectivity index (χ2n) is 6.94. The second kappa shape index (κ2) is 7.76. The number of primary amides is 1. The van der Waals surface area contributed by atoms with Crippen LogP contribution in [0.25, 0.3) is 10.2 Å². The topological polar surface area (TPSA) is 104 Å². The van der Waals surface area contributed by atoms with E-state index in [0.717, 1.165) is 47.0 Å². The standard InChI is InChI=1S/C19H23N5O3S/c1-27-16-8-14-17(9-15(16)24-7-4-13(18(20)26)21-11-24)28-19(22-14)23-5-2-12(10-25)3-6-23/h4,7-9,12,25H,2-3,5-6,10-11H2,1H3,(H2,20,26). The van der Waals surface area contributed by atoms with E-state index in [1.807, 2.05) is 17.0 Å². The summed E-state index contributed by atoms with van der Waals surface area (Å²) in [4.78, 5) is 24.5. The van der Waals surface area contributed by atoms with E-state index in [4.69, 9.17) is 15.5 Å². The molecule has 1 aromatic carbocycles. The van der Waals surface area contributed by atoms with E-state index >= 15 is 0 Å². The molecule has 8 nitrogen and oxygen atoms in total. The summed E-state index contributed by atoms with van der Waals surface area (Å²) in [5.74, 6) is 0.565. The van der Waals surface area contributed by atoms with E-state index < -0.39 is 5.91 Å². The Morgan fingerprint density at radius 1 is 1.39 bits per heavy atom. The first-order valence-corrected chi connectivity index (χ1v) is 10.0. The van der Waals surface area contributed by atoms with Crippen molar-refractivity contribution in [1.82, 2.24) is 4.98 Å². The molecule has 0 radical (unpaired) electrons. The van der Waals surface area contributed by atoms with Crippen LogP contribution in [0.1, 0.15) is 12.8 Å². The molecule has 148 valence electrons. The van der Waals surface area contributed by atoms with E-state index in [1.165, 1.54) is 0 Å². The summed E-state index contributed by atoms with van der Waals surface area (Å²) in [5, 5.41) is 10.3. The van der Waals surface area contributed by atoms with Gasteiger partial charge in [0.1, 0.15) is 18.1 Å². The molecule has 0 saturated carbocycles. The maximum Gasteiger partial charge on any atom is 0.266 e. The smallest absolute Gasteiger partial charge is 0.266 e. The van der Waals surface area contributed by atoms with Crippen LogP contribution in [0, 0.1) is 5.92 Å². The van der Waals surface area contributed by atoms with E-state index in [-0.39, 0.29) is 12.3 Å². The first-order chi connectivity index (χ1) is 13.6. The average Bonchev–Trinajstić information content (AvgIpc) is 3.16. The van der Waals surface area contributed by atoms with Crippen LogP contribution in [0.15, 0.2) is 29.4 Å². The number of ether oxygens (including phenoxy) is 1. The highest BCUT2D eigenvalue weighted by atomic mass is 32.1. The Bertz CT molecular complexity index is 946. The molecule has 28 heavy (non-hydrogen) atoms. The van der Waals surface area contributed by atoms with Crippen LogP contribution in [-0.4, -0.2) is 55.2 Å². The van der Waals surface area contributed by atoms with Crippen molar-refractivity contribution >= 4 is 44.0 Å². The number of hydrogen-bond donors (Lipinski definition) is 2. The number of aromatic nitrogens is 1. The number of benzene rings is 1. The van der Waals surface area contributed by atoms with Crippen LogP contribution < -0.4 is 20.3 Å². The normalized spacial score (nSPS) is 17.9. The molecule has 3 N–H and O–H groups in total. The van der Waals surface area contributed by atoms with Crippen molar-refractivity contribution < 1.29 is 14.6 Å². The molecule has 4 rings (SSSR count). The minimum atomic E-state index is -0.532. The van der Waals surface area contributed by atoms with Gasteiger partial charge in [-0.15, -0.1) is 0 Å². The molecule has 1 saturated heterocycles. The van der Waals surface area contributed by atoms with Crippen LogP contribution in [-0.2, 0) is 4.79 Å². The molecule has 2 aliphatic heterocycles. The minimum absolute atomic E-state index is 0.261. The van der Waals surface area contributed by atoms with E-state index in [9.17, 15) is 9.90 Å². The number of anilines is 2. The second-order valence-corrected chi connectivity index (χ2v) is 7.94. The summed E-state index contributed by atoms with van der Waals surface area (Å²) >= 11 is 1.65. The van der Waals surface area contributed by atoms with Gasteiger partial charge in [-0.3, -0.25) is 9.79 Å². The van der Waals surface area contributed by atoms with Crippen LogP contribution in [0.2, 0.25) is 0 Å². The molecule has 0 spiro atoms. The van der Waals surface area contributed by atoms with Gasteiger partial charge in [0.15, 0.2) is 5.13 Å². The summed E-state index contributed by atoms with van der Waals surface area (Å²) in [6, 6.07) is 3.98. The van der Waals surface area contributed by atoms with Gasteiger partial charge in [0.25, 0.3) is 5.91 Å². The number of hydrogen-bond acceptors (Lipinski definition) is 8. The van der Waals surface area contributed by atoms with Crippen molar-refractivity contribution in [2.24, 2.45) is 16.6 Å². The van der Waals surface area contributed by atoms with Gasteiger partial charge >= 0.3 is 0 Å². The van der Waals surface area contributed by atoms with Crippen molar-refractivity contribution in [3.05, 3.63) is 24.4 Å². The highest BCUT2D eigenvalue weighted by molar-refractivity contribution is 7.22. The number of rotatable bonds is 5. The molecule has 0 unspecified atom stereocenters. The Morgan fingerprint density at radius 2 is 2.18 bits per heavy atom. The molecule has 0 atom stereocenters. The molecule has 1 amide bonds. The minimum Gasteiger partial charge on any atom is -0.494 e. The van der Waals surface area contributed by atoms with Crippen molar-refractivity contribution in [2.45, 2.75) is 12.8 Å². The molecule has 0 aliphatic carbocycles. The fraction of sp³-hybridized carbons (Fsp3) is 0.421. The predicted molar refractivity (Wildman–Crippen MR) is 111 cm³/mol. The van der Waals surface area contributed by atoms with Crippen molar-refractivity contribution in [3.63, 3.8) is 0 Å². The van der Waals surface area contributed by atoms with Gasteiger partial charge in [0, 0.05) is 32.0 Å². The number of nitrogens with zero attached hydrogens (tertiary/aromatic N) is 4. The van der Waals surface area contributed by atoms with Gasteiger partial charge in [0.05, 0.1) is 23.0 Å². The predicted octanol–water partition coefficient (Wildman–Crippen LogP) is 1.73. The third kappa shape index (κ3) is 3.55. The molecule has 1 fully saturated rings. The van der Waals surface area contributed by atoms with Crippen LogP contribution in [0.5, 0.6) is 5.75 Å². The van der Waals surface area contributed by atoms with Crippen LogP contribution in [0.4, 0.5) is 10.8 Å². The molecule has 2 aliphatic rings. The number of amides is 1. The average molecular weight is 401 g/mol. The van der Waals surface area contributed by atoms with Gasteiger partial charge in [-0.25, -0.2) is 4.98 Å². The Kier molecular flexibility index (Phi) is 5.19. The maximum atomic E-state index is 11.3. The molecular formula is C19H23N5O3S. The number of fused-ring (bicyclic) bond motifs is 1. The zero-order valence-electron chi connectivity index (χ0n) is 15.7. The zero-order valence-corrected chi connectivity index (χ0v) is 16.5. The highest BCUT2D eigenvalue weighted by Crippen LogP contribution is 2.39. The van der Waals surface area contributed by atoms with Crippen LogP contribution in [0.3, 0.4) is 0 Å². The quantitative estimate of drug-likeness (QED) is 0.791. The summed E-state index contributed by atoms with van der Waals surface area (Å²) in [6.07, 6.45) is 5.37. The lowest BCUT2D eigenvalue weighted by Gasteiger charge is -2.30. The zero-order chi connectivity index (χ0) is 19.7. The number of aliphatic hydroxyl groups is 1. The van der Waals surface area contributed by atoms with E-state index in [2.05, 4.69) is 9.89 Å². The number of aliphatic imine (C=N–C) groups is 1. The largest absolute Gasteiger partial charge is 0.494 e. The molecule has 0 bridgehead atoms. The molecule has 3 heterocycles. The Labute approximate surface area is 166 Å². The first kappa shape index (κ1) is 18.7. The van der Waals surface area contributed by atoms with E-state index in [0.29, 0.717) is 18.3 Å². The lowest BCUT2D eigenvalue weighted by molar-refractivity contribution is -0.111. The monoisotopic (exact) mass is 401 g/mol. The number of piperidine rings is 1. The number of thiazole rings is 1. The third-order valence-electron chi connectivity index (χ3n) is 5.19. The molecule has 9 heteroatoms. The third-order valence-corrected chi connectivity index (χ3v) is 6.27. The fourth-order valence-corrected chi connectivity index (χ4v) is 4.52. The van der Waals surface area contributed by atoms with Gasteiger partial charge in [-0.2, -0.15) is 0 Å². The fourth-order valence-electron chi connectivity index (χ4n) is 3.49. The number of aliphatic hydroxyl groups excluding tert-OH is 1. The number of methoxy groups -OCH3 is 1. The lowest BCUT2D eigenvalue weighted by Crippen LogP contribution is -2.34. The molecular weight excluding hydrogens is 378 g/mol. The number of nitrogens with two attached hydrogens (primary N) is 1. The Morgan fingerprint density at radius 3 is 2.79 bits per heavy atom. The van der Waals surface area contributed by atoms with Crippen molar-refractivity contribution in [1.29, 1.82) is 0 Å². The highest BCUT2D eigenvalue weighted by Gasteiger charge is 2.22. The maximum absolute atomic E-state index is 11.3.